The van der Waals surface area contributed by atoms with Gasteiger partial charge in [0.2, 0.25) is 5.89 Å². The fourth-order valence-electron chi connectivity index (χ4n) is 14.8. The molecule has 0 radical (unpaired) electrons. The number of aliphatic hydroxyl groups excluding tert-OH is 1. The molecule has 0 fully saturated rings. The first-order valence-electron chi connectivity index (χ1n) is 38.8. The number of rotatable bonds is 11. The van der Waals surface area contributed by atoms with Gasteiger partial charge < -0.3 is 47.7 Å². The van der Waals surface area contributed by atoms with Crippen molar-refractivity contribution in [2.24, 2.45) is 14.1 Å². The fraction of sp³-hybridized carbons (Fsp3) is 0.0306. The molecule has 21 rings (SSSR count). The molecule has 0 aliphatic carbocycles. The quantitative estimate of drug-likeness (QED) is 0.0592. The average Bonchev–Trinajstić information content (AvgIpc) is 1.05. The van der Waals surface area contributed by atoms with Gasteiger partial charge in [0.15, 0.2) is 5.82 Å². The van der Waals surface area contributed by atoms with Crippen LogP contribution in [0.4, 0.5) is 51.0 Å². The number of anilines is 5. The molecule has 0 unspecified atom stereocenters. The molecular weight excluding hydrogens is 1570 g/mol. The van der Waals surface area contributed by atoms with Crippen LogP contribution in [0, 0.1) is 29.1 Å². The van der Waals surface area contributed by atoms with Gasteiger partial charge in [-0.15, -0.1) is 0 Å². The number of benzene rings is 11. The number of nitrogens with one attached hydrogen (secondary N) is 1. The minimum Gasteiger partial charge on any atom is -0.444 e. The number of nitrogens with zero attached hydrogens (tertiary/aromatic N) is 13. The minimum atomic E-state index is -0.285. The number of aromatic nitrogens is 14. The molecule has 10 heterocycles. The van der Waals surface area contributed by atoms with Gasteiger partial charge >= 0.3 is 0 Å². The zero-order chi connectivity index (χ0) is 85.6. The zero-order valence-corrected chi connectivity index (χ0v) is 66.2. The third-order valence-corrected chi connectivity index (χ3v) is 20.9. The number of hydrogen-bond acceptors (Lipinski definition) is 18. The highest BCUT2D eigenvalue weighted by atomic mass is 19.1. The Morgan fingerprint density at radius 3 is 1.13 bits per heavy atom. The van der Waals surface area contributed by atoms with Crippen molar-refractivity contribution in [2.45, 2.75) is 6.61 Å². The number of nitrogens with two attached hydrogens (primary N) is 5. The Balaban J connectivity index is 0.000000110. The summed E-state index contributed by atoms with van der Waals surface area (Å²) in [5.74, 6) is 2.70. The first-order chi connectivity index (χ1) is 60.3. The normalized spacial score (nSPS) is 11.1. The number of nitrogen functional groups attached to an aromatic ring is 5. The average molecular weight is 1640 g/mol. The molecule has 0 atom stereocenters. The molecule has 11 aromatic carbocycles. The van der Waals surface area contributed by atoms with Gasteiger partial charge in [0.05, 0.1) is 47.1 Å². The largest absolute Gasteiger partial charge is 0.444 e. The van der Waals surface area contributed by atoms with E-state index in [1.54, 1.807) is 90.8 Å². The van der Waals surface area contributed by atoms with Crippen molar-refractivity contribution in [3.63, 3.8) is 0 Å². The first kappa shape index (κ1) is 79.7. The van der Waals surface area contributed by atoms with Crippen LogP contribution in [0.5, 0.6) is 0 Å². The number of fused-ring (bicyclic) bond motifs is 6. The first-order valence-corrected chi connectivity index (χ1v) is 38.8. The monoisotopic (exact) mass is 1640 g/mol. The Kier molecular flexibility index (Phi) is 22.3. The van der Waals surface area contributed by atoms with Gasteiger partial charge in [-0.2, -0.15) is 5.10 Å². The number of aliphatic hydroxyl groups is 1. The van der Waals surface area contributed by atoms with Gasteiger partial charge in [0, 0.05) is 107 Å². The summed E-state index contributed by atoms with van der Waals surface area (Å²) in [6.45, 7) is -0.0560. The Bertz CT molecular complexity index is 7550. The van der Waals surface area contributed by atoms with E-state index in [0.29, 0.717) is 46.5 Å². The van der Waals surface area contributed by atoms with Crippen LogP contribution >= 0.6 is 0 Å². The van der Waals surface area contributed by atoms with Crippen LogP contribution in [-0.4, -0.2) is 74.3 Å². The number of aromatic amines is 1. The lowest BCUT2D eigenvalue weighted by atomic mass is 9.98. The molecule has 0 aliphatic rings. The summed E-state index contributed by atoms with van der Waals surface area (Å²) in [6.07, 6.45) is 18.4. The van der Waals surface area contributed by atoms with Crippen molar-refractivity contribution >= 4 is 94.0 Å². The third kappa shape index (κ3) is 16.9. The molecule has 21 nitrogen and oxygen atoms in total. The Morgan fingerprint density at radius 1 is 0.355 bits per heavy atom. The van der Waals surface area contributed by atoms with Crippen LogP contribution in [0.3, 0.4) is 0 Å². The van der Waals surface area contributed by atoms with E-state index in [1.807, 2.05) is 177 Å². The molecule has 26 heteroatoms. The number of para-hydroxylation sites is 2. The van der Waals surface area contributed by atoms with Gasteiger partial charge in [0.25, 0.3) is 0 Å². The number of imidazole rings is 2. The van der Waals surface area contributed by atoms with Crippen LogP contribution in [0.1, 0.15) is 5.56 Å². The van der Waals surface area contributed by atoms with Crippen molar-refractivity contribution in [1.29, 1.82) is 0 Å². The van der Waals surface area contributed by atoms with Gasteiger partial charge in [-0.25, -0.2) is 71.5 Å². The van der Waals surface area contributed by atoms with E-state index in [4.69, 9.17) is 33.1 Å². The van der Waals surface area contributed by atoms with Crippen molar-refractivity contribution in [3.8, 4) is 112 Å². The molecule has 0 saturated carbocycles. The molecule has 21 aromatic rings. The highest BCUT2D eigenvalue weighted by Crippen LogP contribution is 2.40. The highest BCUT2D eigenvalue weighted by Gasteiger charge is 2.20. The Hall–Kier alpha value is -16.7. The summed E-state index contributed by atoms with van der Waals surface area (Å²) >= 11 is 0. The van der Waals surface area contributed by atoms with Crippen LogP contribution in [0.25, 0.3) is 177 Å². The molecule has 0 bridgehead atoms. The van der Waals surface area contributed by atoms with E-state index < -0.39 is 0 Å². The van der Waals surface area contributed by atoms with Gasteiger partial charge in [-0.1, -0.05) is 133 Å². The molecule has 124 heavy (non-hydrogen) atoms. The summed E-state index contributed by atoms with van der Waals surface area (Å²) in [7, 11) is 3.75. The maximum absolute atomic E-state index is 13.6. The fourth-order valence-corrected chi connectivity index (χ4v) is 14.8. The number of oxazole rings is 1. The predicted octanol–water partition coefficient (Wildman–Crippen LogP) is 21.1. The maximum atomic E-state index is 13.6. The standard InChI is InChI=1S/C22H15FN4.C21H16FN3O.C19H15FN4.C18H14FN5.C18H12FN3O/c23-15-5-3-4-13(10-15)14-8-9-16-17(11-14)21(24)25-12-18(16)22-26-19-6-1-2-7-20(19)27-22;22-16-3-1-2-14(9-16)15-4-5-17-18(10-15)21(23)25-11-19(17)20-8-13(12-26)6-7-24-20;1-24-10-18(23-11-24)17-9-22-19(21)16-8-13(5-6-15(16)17)12-3-2-4-14(20)7-12;1-24-18(22-10-23-24)16-9-21-17(20)15-8-12(5-6-14(15)16)11-3-2-4-13(19)7-11;19-13-3-1-2-11(8-13)12-4-5-14-15(9-12)17(20)22-10-16(14)18-21-6-7-23-18/h1-12H,(H2,24,25)(H,26,27);1-11,26H,12H2,(H2,23,25);2-11H,1H3,(H2,21,22);2-10H,1H3,(H2,20,21);1-10H,(H2,20,22). The number of H-pyrrole nitrogens is 1. The molecule has 0 spiro atoms. The van der Waals surface area contributed by atoms with Crippen molar-refractivity contribution in [2.75, 3.05) is 28.7 Å². The molecular formula is C98H72F5N19O2. The number of pyridine rings is 6. The topological polar surface area (TPSA) is 331 Å². The van der Waals surface area contributed by atoms with E-state index >= 15 is 0 Å². The van der Waals surface area contributed by atoms with Crippen molar-refractivity contribution < 1.29 is 31.5 Å². The Labute approximate surface area is 704 Å². The lowest BCUT2D eigenvalue weighted by Crippen LogP contribution is -1.98. The van der Waals surface area contributed by atoms with E-state index in [9.17, 15) is 27.1 Å². The van der Waals surface area contributed by atoms with Crippen LogP contribution in [0.2, 0.25) is 0 Å². The predicted molar refractivity (Wildman–Crippen MR) is 480 cm³/mol. The summed E-state index contributed by atoms with van der Waals surface area (Å²) in [5.41, 5.74) is 47.2. The van der Waals surface area contributed by atoms with E-state index in [-0.39, 0.29) is 35.7 Å². The number of hydrogen-bond donors (Lipinski definition) is 7. The Morgan fingerprint density at radius 2 is 0.742 bits per heavy atom. The number of aryl methyl sites for hydroxylation is 2. The van der Waals surface area contributed by atoms with E-state index in [2.05, 4.69) is 59.9 Å². The second kappa shape index (κ2) is 34.7. The summed E-state index contributed by atoms with van der Waals surface area (Å²) in [4.78, 5) is 46.7. The van der Waals surface area contributed by atoms with Crippen molar-refractivity contribution in [1.82, 2.24) is 69.2 Å². The molecule has 10 aromatic heterocycles. The summed E-state index contributed by atoms with van der Waals surface area (Å²) in [5, 5.41) is 22.1. The smallest absolute Gasteiger partial charge is 0.228 e. The van der Waals surface area contributed by atoms with E-state index in [0.717, 1.165) is 165 Å². The summed E-state index contributed by atoms with van der Waals surface area (Å²) in [6, 6.07) is 72.9. The summed E-state index contributed by atoms with van der Waals surface area (Å²) < 4.78 is 76.5. The van der Waals surface area contributed by atoms with Gasteiger partial charge in [0.1, 0.15) is 76.6 Å². The van der Waals surface area contributed by atoms with Crippen LogP contribution in [0.15, 0.2) is 322 Å². The maximum Gasteiger partial charge on any atom is 0.228 e. The van der Waals surface area contributed by atoms with Gasteiger partial charge in [-0.3, -0.25) is 4.98 Å². The van der Waals surface area contributed by atoms with Crippen LogP contribution in [-0.2, 0) is 20.7 Å². The van der Waals surface area contributed by atoms with Crippen LogP contribution < -0.4 is 28.7 Å². The van der Waals surface area contributed by atoms with Gasteiger partial charge in [-0.05, 0) is 203 Å². The molecule has 0 amide bonds. The second-order valence-corrected chi connectivity index (χ2v) is 28.9. The molecule has 0 saturated heterocycles. The SMILES string of the molecule is Cn1cnc(-c2cnc(N)c3cc(-c4cccc(F)c4)ccc23)c1.Cn1ncnc1-c1cnc(N)c2cc(-c3cccc(F)c3)ccc12.Nc1ncc(-c2cc(CO)ccn2)c2ccc(-c3cccc(F)c3)cc12.Nc1ncc(-c2nc3ccccc3[nH]2)c2ccc(-c3cccc(F)c3)cc12.Nc1ncc(-c2ncco2)c2ccc(-c3cccc(F)c3)cc12. The highest BCUT2D eigenvalue weighted by molar-refractivity contribution is 6.07. The molecule has 606 valence electrons. The minimum absolute atomic E-state index is 0.0560. The second-order valence-electron chi connectivity index (χ2n) is 28.9. The van der Waals surface area contributed by atoms with E-state index in [1.165, 1.54) is 73.3 Å². The molecule has 12 N–H and O–H groups in total. The third-order valence-electron chi connectivity index (χ3n) is 20.9. The van der Waals surface area contributed by atoms with Crippen molar-refractivity contribution in [3.05, 3.63) is 352 Å². The molecule has 0 aliphatic heterocycles. The lowest BCUT2D eigenvalue weighted by molar-refractivity contribution is 0.282. The zero-order valence-electron chi connectivity index (χ0n) is 66.2. The number of halogens is 5. The lowest BCUT2D eigenvalue weighted by Gasteiger charge is -2.11.